The van der Waals surface area contributed by atoms with Crippen LogP contribution < -0.4 is 0 Å². The number of hydrogen-bond donors (Lipinski definition) is 1. The van der Waals surface area contributed by atoms with Gasteiger partial charge < -0.3 is 10.0 Å². The summed E-state index contributed by atoms with van der Waals surface area (Å²) in [5.74, 6) is 0.397. The molecule has 0 saturated carbocycles. The minimum Gasteiger partial charge on any atom is -0.508 e. The number of phenols is 1. The van der Waals surface area contributed by atoms with Crippen LogP contribution in [0.25, 0.3) is 0 Å². The molecule has 1 unspecified atom stereocenters. The Bertz CT molecular complexity index is 348. The molecule has 0 aliphatic heterocycles. The van der Waals surface area contributed by atoms with Gasteiger partial charge in [0, 0.05) is 6.04 Å². The van der Waals surface area contributed by atoms with E-state index in [1.807, 2.05) is 6.07 Å². The number of rotatable bonds is 2. The van der Waals surface area contributed by atoms with Crippen LogP contribution in [0.1, 0.15) is 24.5 Å². The van der Waals surface area contributed by atoms with Crippen LogP contribution in [0, 0.1) is 0 Å². The van der Waals surface area contributed by atoms with E-state index < -0.39 is 0 Å². The second-order valence-electron chi connectivity index (χ2n) is 4.42. The van der Waals surface area contributed by atoms with Gasteiger partial charge in [0.15, 0.2) is 0 Å². The summed E-state index contributed by atoms with van der Waals surface area (Å²) < 4.78 is 0. The van der Waals surface area contributed by atoms with Gasteiger partial charge in [-0.15, -0.1) is 0 Å². The highest BCUT2D eigenvalue weighted by atomic mass is 16.3. The molecular weight excluding hydrogens is 186 g/mol. The number of likely N-dealkylation sites (N-methyl/N-ethyl adjacent to an activating group) is 1. The minimum atomic E-state index is 0.397. The average molecular weight is 205 g/mol. The smallest absolute Gasteiger partial charge is 0.115 e. The number of fused-ring (bicyclic) bond motifs is 1. The first-order valence-electron chi connectivity index (χ1n) is 5.71. The van der Waals surface area contributed by atoms with Crippen LogP contribution in [0.15, 0.2) is 18.2 Å². The number of aromatic hydroxyl groups is 1. The summed E-state index contributed by atoms with van der Waals surface area (Å²) in [7, 11) is 2.18. The Morgan fingerprint density at radius 1 is 1.40 bits per heavy atom. The number of nitrogens with zero attached hydrogens (tertiary/aromatic N) is 1. The number of aryl methyl sites for hydroxylation is 1. The Labute approximate surface area is 91.5 Å². The zero-order valence-corrected chi connectivity index (χ0v) is 9.53. The van der Waals surface area contributed by atoms with Crippen molar-refractivity contribution in [3.63, 3.8) is 0 Å². The molecule has 0 fully saturated rings. The molecule has 1 aliphatic rings. The fourth-order valence-corrected chi connectivity index (χ4v) is 2.36. The van der Waals surface area contributed by atoms with Crippen molar-refractivity contribution in [2.75, 3.05) is 13.6 Å². The van der Waals surface area contributed by atoms with Crippen molar-refractivity contribution in [2.45, 2.75) is 32.2 Å². The molecule has 0 saturated heterocycles. The highest BCUT2D eigenvalue weighted by Gasteiger charge is 2.21. The van der Waals surface area contributed by atoms with Gasteiger partial charge in [-0.1, -0.05) is 13.0 Å². The Kier molecular flexibility index (Phi) is 2.96. The summed E-state index contributed by atoms with van der Waals surface area (Å²) in [5, 5.41) is 9.46. The molecule has 2 rings (SSSR count). The van der Waals surface area contributed by atoms with Gasteiger partial charge in [-0.05, 0) is 56.1 Å². The number of phenolic OH excluding ortho intramolecular Hbond substituents is 1. The van der Waals surface area contributed by atoms with E-state index in [4.69, 9.17) is 0 Å². The summed E-state index contributed by atoms with van der Waals surface area (Å²) in [5.41, 5.74) is 2.74. The lowest BCUT2D eigenvalue weighted by atomic mass is 9.87. The molecule has 0 heterocycles. The third-order valence-electron chi connectivity index (χ3n) is 3.51. The van der Waals surface area contributed by atoms with Gasteiger partial charge >= 0.3 is 0 Å². The van der Waals surface area contributed by atoms with Gasteiger partial charge in [0.25, 0.3) is 0 Å². The van der Waals surface area contributed by atoms with Crippen molar-refractivity contribution in [3.05, 3.63) is 29.3 Å². The van der Waals surface area contributed by atoms with E-state index >= 15 is 0 Å². The molecular formula is C13H19NO. The molecule has 0 amide bonds. The molecule has 1 N–H and O–H groups in total. The highest BCUT2D eigenvalue weighted by molar-refractivity contribution is 5.37. The monoisotopic (exact) mass is 205 g/mol. The molecule has 0 aromatic heterocycles. The van der Waals surface area contributed by atoms with Crippen LogP contribution in [0.4, 0.5) is 0 Å². The van der Waals surface area contributed by atoms with Gasteiger partial charge in [-0.25, -0.2) is 0 Å². The van der Waals surface area contributed by atoms with Gasteiger partial charge in [-0.2, -0.15) is 0 Å². The maximum Gasteiger partial charge on any atom is 0.115 e. The van der Waals surface area contributed by atoms with E-state index in [0.29, 0.717) is 11.8 Å². The third kappa shape index (κ3) is 2.15. The van der Waals surface area contributed by atoms with Crippen LogP contribution in [0.2, 0.25) is 0 Å². The Morgan fingerprint density at radius 2 is 2.20 bits per heavy atom. The normalized spacial score (nSPS) is 20.3. The minimum absolute atomic E-state index is 0.397. The molecule has 2 heteroatoms. The van der Waals surface area contributed by atoms with E-state index in [-0.39, 0.29) is 0 Å². The van der Waals surface area contributed by atoms with Crippen LogP contribution >= 0.6 is 0 Å². The summed E-state index contributed by atoms with van der Waals surface area (Å²) >= 11 is 0. The number of benzene rings is 1. The van der Waals surface area contributed by atoms with Gasteiger partial charge in [0.05, 0.1) is 0 Å². The lowest BCUT2D eigenvalue weighted by Gasteiger charge is -2.31. The fraction of sp³-hybridized carbons (Fsp3) is 0.538. The van der Waals surface area contributed by atoms with Crippen molar-refractivity contribution in [2.24, 2.45) is 0 Å². The lowest BCUT2D eigenvalue weighted by molar-refractivity contribution is 0.232. The molecule has 0 radical (unpaired) electrons. The van der Waals surface area contributed by atoms with Gasteiger partial charge in [0.1, 0.15) is 5.75 Å². The quantitative estimate of drug-likeness (QED) is 0.800. The molecule has 1 aliphatic carbocycles. The maximum absolute atomic E-state index is 9.46. The molecule has 1 aromatic rings. The van der Waals surface area contributed by atoms with Gasteiger partial charge in [-0.3, -0.25) is 0 Å². The topological polar surface area (TPSA) is 23.5 Å². The Morgan fingerprint density at radius 3 is 2.93 bits per heavy atom. The van der Waals surface area contributed by atoms with Crippen molar-refractivity contribution >= 4 is 0 Å². The molecule has 1 aromatic carbocycles. The number of hydrogen-bond acceptors (Lipinski definition) is 2. The van der Waals surface area contributed by atoms with Crippen molar-refractivity contribution in [1.82, 2.24) is 4.90 Å². The first-order valence-corrected chi connectivity index (χ1v) is 5.71. The molecule has 1 atom stereocenters. The van der Waals surface area contributed by atoms with Crippen molar-refractivity contribution in [1.29, 1.82) is 0 Å². The molecule has 2 nitrogen and oxygen atoms in total. The van der Waals surface area contributed by atoms with Crippen molar-refractivity contribution < 1.29 is 5.11 Å². The van der Waals surface area contributed by atoms with Crippen molar-refractivity contribution in [3.8, 4) is 5.75 Å². The van der Waals surface area contributed by atoms with Crippen LogP contribution in [0.3, 0.4) is 0 Å². The maximum atomic E-state index is 9.46. The van der Waals surface area contributed by atoms with E-state index in [0.717, 1.165) is 19.4 Å². The molecule has 15 heavy (non-hydrogen) atoms. The second kappa shape index (κ2) is 4.23. The SMILES string of the molecule is CCN(C)C1CCc2ccc(O)cc2C1. The zero-order chi connectivity index (χ0) is 10.8. The predicted molar refractivity (Wildman–Crippen MR) is 62.2 cm³/mol. The Hall–Kier alpha value is -1.02. The van der Waals surface area contributed by atoms with Gasteiger partial charge in [0.2, 0.25) is 0 Å². The van der Waals surface area contributed by atoms with E-state index in [2.05, 4.69) is 24.9 Å². The second-order valence-corrected chi connectivity index (χ2v) is 4.42. The summed E-state index contributed by atoms with van der Waals surface area (Å²) in [6.07, 6.45) is 3.46. The predicted octanol–water partition coefficient (Wildman–Crippen LogP) is 2.20. The first-order chi connectivity index (χ1) is 7.20. The summed E-state index contributed by atoms with van der Waals surface area (Å²) in [4.78, 5) is 2.40. The summed E-state index contributed by atoms with van der Waals surface area (Å²) in [6.45, 7) is 3.29. The first kappa shape index (κ1) is 10.5. The molecule has 0 spiro atoms. The third-order valence-corrected chi connectivity index (χ3v) is 3.51. The zero-order valence-electron chi connectivity index (χ0n) is 9.53. The fourth-order valence-electron chi connectivity index (χ4n) is 2.36. The Balaban J connectivity index is 2.18. The standard InChI is InChI=1S/C13H19NO/c1-3-14(2)12-6-4-10-5-7-13(15)9-11(10)8-12/h5,7,9,12,15H,3-4,6,8H2,1-2H3. The molecule has 0 bridgehead atoms. The van der Waals surface area contributed by atoms with Crippen LogP contribution in [-0.2, 0) is 12.8 Å². The lowest BCUT2D eigenvalue weighted by Crippen LogP contribution is -2.36. The van der Waals surface area contributed by atoms with Crippen LogP contribution in [-0.4, -0.2) is 29.6 Å². The van der Waals surface area contributed by atoms with E-state index in [1.165, 1.54) is 17.5 Å². The highest BCUT2D eigenvalue weighted by Crippen LogP contribution is 2.26. The summed E-state index contributed by atoms with van der Waals surface area (Å²) in [6, 6.07) is 6.42. The van der Waals surface area contributed by atoms with Crippen LogP contribution in [0.5, 0.6) is 5.75 Å². The van der Waals surface area contributed by atoms with E-state index in [1.54, 1.807) is 6.07 Å². The van der Waals surface area contributed by atoms with E-state index in [9.17, 15) is 5.11 Å². The largest absolute Gasteiger partial charge is 0.508 e. The molecule has 82 valence electrons. The average Bonchev–Trinajstić information content (AvgIpc) is 2.27.